The number of hydrogen-bond donors (Lipinski definition) is 1. The molecule has 0 radical (unpaired) electrons. The van der Waals surface area contributed by atoms with Crippen molar-refractivity contribution in [3.8, 4) is 11.3 Å². The van der Waals surface area contributed by atoms with Crippen molar-refractivity contribution in [1.29, 1.82) is 0 Å². The van der Waals surface area contributed by atoms with Gasteiger partial charge in [0, 0.05) is 45.8 Å². The normalized spacial score (nSPS) is 11.9. The zero-order valence-corrected chi connectivity index (χ0v) is 20.3. The molecule has 0 bridgehead atoms. The molecule has 0 atom stereocenters. The maximum Gasteiger partial charge on any atom is 0.418 e. The van der Waals surface area contributed by atoms with Gasteiger partial charge in [0.25, 0.3) is 0 Å². The number of anilines is 1. The van der Waals surface area contributed by atoms with Gasteiger partial charge >= 0.3 is 6.18 Å². The lowest BCUT2D eigenvalue weighted by atomic mass is 10.0. The van der Waals surface area contributed by atoms with Crippen molar-refractivity contribution in [2.75, 3.05) is 5.32 Å². The van der Waals surface area contributed by atoms with Gasteiger partial charge in [0.1, 0.15) is 23.0 Å². The molecule has 0 aliphatic heterocycles. The standard InChI is InChI=1S/C26H16ClF6N3S/c27-23-8-7-17(37-23)12-34-16-4-1-3-14(9-16)25-18-5-2-6-20(26(31,32)33)24(18)35-36(25)13-19-21(29)10-15(28)11-22(19)30/h1-11,34H,12-13H2. The van der Waals surface area contributed by atoms with E-state index in [1.165, 1.54) is 23.5 Å². The number of halogens is 7. The third-order valence-electron chi connectivity index (χ3n) is 5.72. The highest BCUT2D eigenvalue weighted by atomic mass is 35.5. The van der Waals surface area contributed by atoms with Crippen molar-refractivity contribution in [3.05, 3.63) is 105 Å². The summed E-state index contributed by atoms with van der Waals surface area (Å²) >= 11 is 7.38. The van der Waals surface area contributed by atoms with Crippen LogP contribution in [-0.2, 0) is 19.3 Å². The highest BCUT2D eigenvalue weighted by Crippen LogP contribution is 2.39. The van der Waals surface area contributed by atoms with Crippen molar-refractivity contribution < 1.29 is 26.3 Å². The van der Waals surface area contributed by atoms with E-state index >= 15 is 0 Å². The van der Waals surface area contributed by atoms with Crippen LogP contribution < -0.4 is 5.32 Å². The molecule has 190 valence electrons. The summed E-state index contributed by atoms with van der Waals surface area (Å²) in [6.07, 6.45) is -4.70. The van der Waals surface area contributed by atoms with Crippen LogP contribution in [0.1, 0.15) is 16.0 Å². The first-order valence-corrected chi connectivity index (χ1v) is 12.1. The Balaban J connectivity index is 1.63. The topological polar surface area (TPSA) is 29.9 Å². The van der Waals surface area contributed by atoms with Crippen LogP contribution in [0.25, 0.3) is 22.2 Å². The van der Waals surface area contributed by atoms with Crippen molar-refractivity contribution in [1.82, 2.24) is 9.78 Å². The fourth-order valence-electron chi connectivity index (χ4n) is 4.09. The molecule has 0 spiro atoms. The number of rotatable bonds is 6. The van der Waals surface area contributed by atoms with E-state index in [0.29, 0.717) is 34.3 Å². The second kappa shape index (κ2) is 9.75. The predicted molar refractivity (Wildman–Crippen MR) is 132 cm³/mol. The zero-order valence-electron chi connectivity index (χ0n) is 18.7. The molecule has 2 heterocycles. The van der Waals surface area contributed by atoms with E-state index in [4.69, 9.17) is 11.6 Å². The summed E-state index contributed by atoms with van der Waals surface area (Å²) in [5, 5.41) is 7.50. The first-order valence-electron chi connectivity index (χ1n) is 10.9. The van der Waals surface area contributed by atoms with E-state index in [2.05, 4.69) is 10.4 Å². The van der Waals surface area contributed by atoms with Crippen LogP contribution in [-0.4, -0.2) is 9.78 Å². The summed E-state index contributed by atoms with van der Waals surface area (Å²) < 4.78 is 85.4. The lowest BCUT2D eigenvalue weighted by molar-refractivity contribution is -0.136. The molecular weight excluding hydrogens is 536 g/mol. The summed E-state index contributed by atoms with van der Waals surface area (Å²) in [7, 11) is 0. The van der Waals surface area contributed by atoms with E-state index < -0.39 is 41.3 Å². The van der Waals surface area contributed by atoms with Crippen molar-refractivity contribution in [2.24, 2.45) is 0 Å². The Labute approximate surface area is 215 Å². The van der Waals surface area contributed by atoms with E-state index in [1.807, 2.05) is 6.07 Å². The molecule has 0 aliphatic carbocycles. The van der Waals surface area contributed by atoms with Crippen LogP contribution in [0.3, 0.4) is 0 Å². The summed E-state index contributed by atoms with van der Waals surface area (Å²) in [4.78, 5) is 0.975. The molecule has 11 heteroatoms. The molecule has 0 unspecified atom stereocenters. The fourth-order valence-corrected chi connectivity index (χ4v) is 5.11. The molecule has 5 aromatic rings. The number of aromatic nitrogens is 2. The molecule has 0 amide bonds. The van der Waals surface area contributed by atoms with Crippen LogP contribution in [0.5, 0.6) is 0 Å². The third kappa shape index (κ3) is 5.17. The van der Waals surface area contributed by atoms with Gasteiger partial charge in [-0.3, -0.25) is 4.68 Å². The highest BCUT2D eigenvalue weighted by Gasteiger charge is 2.34. The first-order chi connectivity index (χ1) is 17.6. The Morgan fingerprint density at radius 3 is 2.32 bits per heavy atom. The number of nitrogens with zero attached hydrogens (tertiary/aromatic N) is 2. The minimum atomic E-state index is -4.70. The van der Waals surface area contributed by atoms with Gasteiger partial charge in [-0.1, -0.05) is 35.9 Å². The predicted octanol–water partition coefficient (Wildman–Crippen LogP) is 8.51. The van der Waals surface area contributed by atoms with E-state index in [-0.39, 0.29) is 16.6 Å². The molecule has 0 aliphatic rings. The quantitative estimate of drug-likeness (QED) is 0.214. The van der Waals surface area contributed by atoms with Gasteiger partial charge in [0.15, 0.2) is 0 Å². The molecule has 0 saturated carbocycles. The number of nitrogens with one attached hydrogen (secondary N) is 1. The van der Waals surface area contributed by atoms with Gasteiger partial charge in [-0.05, 0) is 30.3 Å². The highest BCUT2D eigenvalue weighted by molar-refractivity contribution is 7.16. The van der Waals surface area contributed by atoms with Crippen LogP contribution in [0.2, 0.25) is 4.34 Å². The number of alkyl halides is 3. The Hall–Kier alpha value is -3.50. The molecule has 0 saturated heterocycles. The zero-order chi connectivity index (χ0) is 26.3. The minimum absolute atomic E-state index is 0.153. The fraction of sp³-hybridized carbons (Fsp3) is 0.115. The van der Waals surface area contributed by atoms with Gasteiger partial charge < -0.3 is 5.32 Å². The first kappa shape index (κ1) is 25.2. The summed E-state index contributed by atoms with van der Waals surface area (Å²) in [6.45, 7) is -0.0876. The Morgan fingerprint density at radius 2 is 1.65 bits per heavy atom. The second-order valence-electron chi connectivity index (χ2n) is 8.19. The van der Waals surface area contributed by atoms with E-state index in [0.717, 1.165) is 15.6 Å². The maximum absolute atomic E-state index is 14.5. The second-order valence-corrected chi connectivity index (χ2v) is 9.99. The SMILES string of the molecule is Fc1cc(F)c(Cn2nc3c(C(F)(F)F)cccc3c2-c2cccc(NCc3ccc(Cl)s3)c2)c(F)c1. The molecule has 1 N–H and O–H groups in total. The van der Waals surface area contributed by atoms with Crippen LogP contribution >= 0.6 is 22.9 Å². The summed E-state index contributed by atoms with van der Waals surface area (Å²) in [5.74, 6) is -3.43. The minimum Gasteiger partial charge on any atom is -0.380 e. The number of benzene rings is 3. The lowest BCUT2D eigenvalue weighted by Crippen LogP contribution is -2.09. The van der Waals surface area contributed by atoms with Gasteiger partial charge in [-0.25, -0.2) is 13.2 Å². The van der Waals surface area contributed by atoms with Gasteiger partial charge in [-0.2, -0.15) is 18.3 Å². The van der Waals surface area contributed by atoms with Crippen molar-refractivity contribution in [2.45, 2.75) is 19.3 Å². The van der Waals surface area contributed by atoms with Crippen molar-refractivity contribution >= 4 is 39.5 Å². The average Bonchev–Trinajstić information content (AvgIpc) is 3.42. The van der Waals surface area contributed by atoms with Crippen LogP contribution in [0, 0.1) is 17.5 Å². The van der Waals surface area contributed by atoms with Gasteiger partial charge in [0.05, 0.1) is 22.1 Å². The van der Waals surface area contributed by atoms with Crippen molar-refractivity contribution in [3.63, 3.8) is 0 Å². The molecule has 37 heavy (non-hydrogen) atoms. The average molecular weight is 552 g/mol. The Bertz CT molecular complexity index is 1580. The Kier molecular flexibility index (Phi) is 6.63. The molecule has 2 aromatic heterocycles. The van der Waals surface area contributed by atoms with E-state index in [9.17, 15) is 26.3 Å². The van der Waals surface area contributed by atoms with Crippen LogP contribution in [0.15, 0.2) is 66.7 Å². The monoisotopic (exact) mass is 551 g/mol. The molecule has 0 fully saturated rings. The Morgan fingerprint density at radius 1 is 0.919 bits per heavy atom. The summed E-state index contributed by atoms with van der Waals surface area (Å²) in [6, 6.07) is 15.2. The molecule has 3 aromatic carbocycles. The number of hydrogen-bond acceptors (Lipinski definition) is 3. The molecule has 3 nitrogen and oxygen atoms in total. The smallest absolute Gasteiger partial charge is 0.380 e. The van der Waals surface area contributed by atoms with Crippen LogP contribution in [0.4, 0.5) is 32.0 Å². The largest absolute Gasteiger partial charge is 0.418 e. The third-order valence-corrected chi connectivity index (χ3v) is 6.95. The molecular formula is C26H16ClF6N3S. The maximum atomic E-state index is 14.5. The lowest BCUT2D eigenvalue weighted by Gasteiger charge is -2.12. The van der Waals surface area contributed by atoms with Gasteiger partial charge in [-0.15, -0.1) is 11.3 Å². The van der Waals surface area contributed by atoms with E-state index in [1.54, 1.807) is 30.3 Å². The van der Waals surface area contributed by atoms with Gasteiger partial charge in [0.2, 0.25) is 0 Å². The number of fused-ring (bicyclic) bond motifs is 1. The number of thiophene rings is 1. The molecule has 5 rings (SSSR count). The summed E-state index contributed by atoms with van der Waals surface area (Å²) in [5.41, 5.74) is -0.499.